The van der Waals surface area contributed by atoms with Crippen LogP contribution in [0.1, 0.15) is 25.5 Å². The molecule has 2 heterocycles. The van der Waals surface area contributed by atoms with Crippen LogP contribution in [0.15, 0.2) is 27.8 Å². The molecule has 0 saturated carbocycles. The van der Waals surface area contributed by atoms with E-state index >= 15 is 0 Å². The summed E-state index contributed by atoms with van der Waals surface area (Å²) in [6, 6.07) is 3.92. The fourth-order valence-corrected chi connectivity index (χ4v) is 2.72. The maximum Gasteiger partial charge on any atom is 0.191 e. The number of nitrogens with one attached hydrogen (secondary N) is 2. The number of aliphatic imine (C=N–C) groups is 1. The van der Waals surface area contributed by atoms with Gasteiger partial charge in [0.25, 0.3) is 0 Å². The van der Waals surface area contributed by atoms with E-state index < -0.39 is 0 Å². The zero-order chi connectivity index (χ0) is 14.9. The number of rotatable bonds is 7. The topological polar surface area (TPSA) is 52.8 Å². The molecule has 0 amide bonds. The lowest BCUT2D eigenvalue weighted by atomic mass is 10.1. The van der Waals surface area contributed by atoms with Crippen LogP contribution in [0.3, 0.4) is 0 Å². The molecule has 126 valence electrons. The SMILES string of the molecule is CN=C(NCCc1ccco1)NCC(C)CN1CCCC1.I. The van der Waals surface area contributed by atoms with Gasteiger partial charge in [-0.1, -0.05) is 6.92 Å². The zero-order valence-corrected chi connectivity index (χ0v) is 16.0. The first-order valence-electron chi connectivity index (χ1n) is 7.97. The Hall–Kier alpha value is -0.760. The van der Waals surface area contributed by atoms with Gasteiger partial charge < -0.3 is 20.0 Å². The Kier molecular flexibility index (Phi) is 9.54. The summed E-state index contributed by atoms with van der Waals surface area (Å²) in [4.78, 5) is 6.82. The van der Waals surface area contributed by atoms with E-state index in [0.29, 0.717) is 5.92 Å². The summed E-state index contributed by atoms with van der Waals surface area (Å²) in [5.74, 6) is 2.50. The Morgan fingerprint density at radius 1 is 1.36 bits per heavy atom. The number of furan rings is 1. The third-order valence-electron chi connectivity index (χ3n) is 3.85. The van der Waals surface area contributed by atoms with Gasteiger partial charge in [-0.15, -0.1) is 24.0 Å². The van der Waals surface area contributed by atoms with E-state index in [2.05, 4.69) is 27.4 Å². The van der Waals surface area contributed by atoms with E-state index in [1.54, 1.807) is 6.26 Å². The largest absolute Gasteiger partial charge is 0.469 e. The van der Waals surface area contributed by atoms with Crippen molar-refractivity contribution in [1.82, 2.24) is 15.5 Å². The van der Waals surface area contributed by atoms with E-state index in [4.69, 9.17) is 4.42 Å². The summed E-state index contributed by atoms with van der Waals surface area (Å²) in [5.41, 5.74) is 0. The summed E-state index contributed by atoms with van der Waals surface area (Å²) in [5, 5.41) is 6.73. The molecule has 0 aliphatic carbocycles. The van der Waals surface area contributed by atoms with Crippen LogP contribution in [0.5, 0.6) is 0 Å². The highest BCUT2D eigenvalue weighted by Crippen LogP contribution is 2.09. The first-order chi connectivity index (χ1) is 10.3. The molecule has 0 aromatic carbocycles. The third kappa shape index (κ3) is 7.00. The average molecular weight is 420 g/mol. The van der Waals surface area contributed by atoms with Crippen molar-refractivity contribution in [2.45, 2.75) is 26.2 Å². The Morgan fingerprint density at radius 3 is 2.77 bits per heavy atom. The van der Waals surface area contributed by atoms with E-state index in [1.807, 2.05) is 19.2 Å². The molecular weight excluding hydrogens is 391 g/mol. The van der Waals surface area contributed by atoms with Crippen LogP contribution in [0.4, 0.5) is 0 Å². The van der Waals surface area contributed by atoms with Crippen LogP contribution < -0.4 is 10.6 Å². The van der Waals surface area contributed by atoms with E-state index in [1.165, 1.54) is 32.5 Å². The Balaban J connectivity index is 0.00000242. The molecule has 1 aliphatic rings. The molecule has 1 fully saturated rings. The average Bonchev–Trinajstić information content (AvgIpc) is 3.16. The van der Waals surface area contributed by atoms with E-state index in [9.17, 15) is 0 Å². The first kappa shape index (κ1) is 19.3. The van der Waals surface area contributed by atoms with Crippen LogP contribution in [0, 0.1) is 5.92 Å². The van der Waals surface area contributed by atoms with Crippen molar-refractivity contribution in [2.75, 3.05) is 39.8 Å². The molecule has 5 nitrogen and oxygen atoms in total. The van der Waals surface area contributed by atoms with Gasteiger partial charge in [0.15, 0.2) is 5.96 Å². The molecule has 1 aromatic rings. The third-order valence-corrected chi connectivity index (χ3v) is 3.85. The highest BCUT2D eigenvalue weighted by Gasteiger charge is 2.14. The second kappa shape index (κ2) is 10.9. The van der Waals surface area contributed by atoms with Gasteiger partial charge in [0, 0.05) is 33.1 Å². The fourth-order valence-electron chi connectivity index (χ4n) is 2.72. The van der Waals surface area contributed by atoms with Crippen molar-refractivity contribution in [2.24, 2.45) is 10.9 Å². The number of likely N-dealkylation sites (tertiary alicyclic amines) is 1. The highest BCUT2D eigenvalue weighted by molar-refractivity contribution is 14.0. The molecular formula is C16H29IN4O. The minimum Gasteiger partial charge on any atom is -0.469 e. The van der Waals surface area contributed by atoms with Gasteiger partial charge in [0.05, 0.1) is 6.26 Å². The highest BCUT2D eigenvalue weighted by atomic mass is 127. The van der Waals surface area contributed by atoms with Crippen molar-refractivity contribution >= 4 is 29.9 Å². The Labute approximate surface area is 150 Å². The standard InChI is InChI=1S/C16H28N4O.HI/c1-14(13-20-9-3-4-10-20)12-19-16(17-2)18-8-7-15-6-5-11-21-15;/h5-6,11,14H,3-4,7-10,12-13H2,1-2H3,(H2,17,18,19);1H. The van der Waals surface area contributed by atoms with Crippen molar-refractivity contribution in [1.29, 1.82) is 0 Å². The molecule has 1 saturated heterocycles. The number of nitrogens with zero attached hydrogens (tertiary/aromatic N) is 2. The quantitative estimate of drug-likeness (QED) is 0.404. The smallest absolute Gasteiger partial charge is 0.191 e. The lowest BCUT2D eigenvalue weighted by molar-refractivity contribution is 0.287. The summed E-state index contributed by atoms with van der Waals surface area (Å²) in [7, 11) is 1.81. The molecule has 0 radical (unpaired) electrons. The first-order valence-corrected chi connectivity index (χ1v) is 7.97. The van der Waals surface area contributed by atoms with E-state index in [-0.39, 0.29) is 24.0 Å². The molecule has 22 heavy (non-hydrogen) atoms. The van der Waals surface area contributed by atoms with Crippen molar-refractivity contribution in [3.8, 4) is 0 Å². The molecule has 1 aromatic heterocycles. The number of guanidine groups is 1. The van der Waals surface area contributed by atoms with Gasteiger partial charge >= 0.3 is 0 Å². The maximum absolute atomic E-state index is 5.32. The fraction of sp³-hybridized carbons (Fsp3) is 0.688. The van der Waals surface area contributed by atoms with Crippen LogP contribution in [0.2, 0.25) is 0 Å². The maximum atomic E-state index is 5.32. The van der Waals surface area contributed by atoms with Crippen LogP contribution in [0.25, 0.3) is 0 Å². The van der Waals surface area contributed by atoms with Gasteiger partial charge in [-0.3, -0.25) is 4.99 Å². The predicted molar refractivity (Wildman–Crippen MR) is 102 cm³/mol. The Bertz CT molecular complexity index is 416. The minimum absolute atomic E-state index is 0. The van der Waals surface area contributed by atoms with Crippen LogP contribution >= 0.6 is 24.0 Å². The second-order valence-corrected chi connectivity index (χ2v) is 5.82. The zero-order valence-electron chi connectivity index (χ0n) is 13.7. The molecule has 6 heteroatoms. The van der Waals surface area contributed by atoms with Gasteiger partial charge in [0.2, 0.25) is 0 Å². The summed E-state index contributed by atoms with van der Waals surface area (Å²) >= 11 is 0. The number of hydrogen-bond donors (Lipinski definition) is 2. The molecule has 1 atom stereocenters. The van der Waals surface area contributed by atoms with Gasteiger partial charge in [0.1, 0.15) is 5.76 Å². The van der Waals surface area contributed by atoms with Crippen LogP contribution in [-0.4, -0.2) is 50.6 Å². The monoisotopic (exact) mass is 420 g/mol. The molecule has 1 unspecified atom stereocenters. The minimum atomic E-state index is 0. The lowest BCUT2D eigenvalue weighted by Gasteiger charge is -2.21. The number of halogens is 1. The van der Waals surface area contributed by atoms with Crippen LogP contribution in [-0.2, 0) is 6.42 Å². The summed E-state index contributed by atoms with van der Waals surface area (Å²) < 4.78 is 5.32. The summed E-state index contributed by atoms with van der Waals surface area (Å²) in [6.45, 7) is 7.78. The number of hydrogen-bond acceptors (Lipinski definition) is 3. The van der Waals surface area contributed by atoms with Crippen molar-refractivity contribution in [3.05, 3.63) is 24.2 Å². The predicted octanol–water partition coefficient (Wildman–Crippen LogP) is 2.34. The van der Waals surface area contributed by atoms with Gasteiger partial charge in [-0.25, -0.2) is 0 Å². The lowest BCUT2D eigenvalue weighted by Crippen LogP contribution is -2.42. The van der Waals surface area contributed by atoms with Crippen molar-refractivity contribution < 1.29 is 4.42 Å². The molecule has 0 bridgehead atoms. The molecule has 2 N–H and O–H groups in total. The molecule has 1 aliphatic heterocycles. The van der Waals surface area contributed by atoms with Gasteiger partial charge in [-0.2, -0.15) is 0 Å². The molecule has 2 rings (SSSR count). The summed E-state index contributed by atoms with van der Waals surface area (Å²) in [6.07, 6.45) is 5.30. The van der Waals surface area contributed by atoms with Crippen molar-refractivity contribution in [3.63, 3.8) is 0 Å². The van der Waals surface area contributed by atoms with E-state index in [0.717, 1.165) is 31.2 Å². The molecule has 0 spiro atoms. The second-order valence-electron chi connectivity index (χ2n) is 5.82. The normalized spacial score (nSPS) is 17.1. The Morgan fingerprint density at radius 2 is 2.14 bits per heavy atom. The van der Waals surface area contributed by atoms with Gasteiger partial charge in [-0.05, 0) is 44.0 Å².